The number of carbonyl (C=O) groups is 1. The fraction of sp³-hybridized carbons (Fsp3) is 0.208. The molecule has 0 radical (unpaired) electrons. The van der Waals surface area contributed by atoms with Crippen LogP contribution in [0.3, 0.4) is 0 Å². The lowest BCUT2D eigenvalue weighted by molar-refractivity contribution is 0.0940. The molecule has 1 amide bonds. The van der Waals surface area contributed by atoms with E-state index < -0.39 is 5.41 Å². The van der Waals surface area contributed by atoms with Crippen LogP contribution >= 0.6 is 0 Å². The molecule has 158 valence electrons. The number of halogens is 1. The Balaban J connectivity index is 1.57. The van der Waals surface area contributed by atoms with Crippen LogP contribution in [0.25, 0.3) is 16.9 Å². The van der Waals surface area contributed by atoms with E-state index >= 15 is 0 Å². The average Bonchev–Trinajstić information content (AvgIpc) is 3.22. The zero-order chi connectivity index (χ0) is 22.0. The second kappa shape index (κ2) is 8.18. The Morgan fingerprint density at radius 3 is 2.58 bits per heavy atom. The van der Waals surface area contributed by atoms with E-state index in [0.717, 1.165) is 17.0 Å². The molecule has 7 heteroatoms. The largest absolute Gasteiger partial charge is 0.497 e. The molecule has 0 bridgehead atoms. The van der Waals surface area contributed by atoms with Gasteiger partial charge in [-0.1, -0.05) is 32.0 Å². The molecular weight excluding hydrogens is 395 g/mol. The van der Waals surface area contributed by atoms with E-state index in [-0.39, 0.29) is 24.0 Å². The Kier molecular flexibility index (Phi) is 5.42. The van der Waals surface area contributed by atoms with Crippen LogP contribution in [0.1, 0.15) is 29.9 Å². The van der Waals surface area contributed by atoms with Crippen molar-refractivity contribution in [1.29, 1.82) is 0 Å². The molecule has 31 heavy (non-hydrogen) atoms. The Hall–Kier alpha value is -3.74. The molecule has 4 aromatic rings. The highest BCUT2D eigenvalue weighted by Crippen LogP contribution is 2.25. The number of amides is 1. The number of fused-ring (bicyclic) bond motifs is 1. The van der Waals surface area contributed by atoms with Crippen LogP contribution < -0.4 is 10.1 Å². The van der Waals surface area contributed by atoms with Gasteiger partial charge in [0.25, 0.3) is 5.91 Å². The van der Waals surface area contributed by atoms with Gasteiger partial charge in [-0.25, -0.2) is 13.9 Å². The molecule has 2 aromatic carbocycles. The first kappa shape index (κ1) is 20.5. The van der Waals surface area contributed by atoms with Gasteiger partial charge in [0.05, 0.1) is 12.8 Å². The maximum Gasteiger partial charge on any atom is 0.271 e. The van der Waals surface area contributed by atoms with Crippen molar-refractivity contribution >= 4 is 11.6 Å². The number of benzene rings is 2. The van der Waals surface area contributed by atoms with Gasteiger partial charge in [0, 0.05) is 29.8 Å². The third kappa shape index (κ3) is 4.12. The minimum Gasteiger partial charge on any atom is -0.497 e. The van der Waals surface area contributed by atoms with Crippen molar-refractivity contribution in [2.75, 3.05) is 13.7 Å². The van der Waals surface area contributed by atoms with Gasteiger partial charge >= 0.3 is 0 Å². The van der Waals surface area contributed by atoms with Crippen LogP contribution in [0.4, 0.5) is 4.39 Å². The molecule has 0 aliphatic heterocycles. The maximum absolute atomic E-state index is 14.2. The van der Waals surface area contributed by atoms with E-state index in [1.807, 2.05) is 44.2 Å². The van der Waals surface area contributed by atoms with Crippen LogP contribution in [-0.2, 0) is 5.41 Å². The first-order chi connectivity index (χ1) is 14.9. The molecule has 0 aliphatic carbocycles. The summed E-state index contributed by atoms with van der Waals surface area (Å²) in [6.45, 7) is 4.04. The molecule has 2 heterocycles. The number of carbonyl (C=O) groups excluding carboxylic acids is 1. The number of methoxy groups -OCH3 is 1. The minimum absolute atomic E-state index is 0.248. The van der Waals surface area contributed by atoms with Crippen LogP contribution in [-0.4, -0.2) is 34.2 Å². The van der Waals surface area contributed by atoms with Crippen molar-refractivity contribution < 1.29 is 13.9 Å². The predicted molar refractivity (Wildman–Crippen MR) is 117 cm³/mol. The SMILES string of the molecule is COc1ccc(-c2ccnc3cc(C(=O)NCC(C)(C)c4ccccc4F)nn23)cc1. The van der Waals surface area contributed by atoms with Gasteiger partial charge in [-0.05, 0) is 42.0 Å². The standard InChI is InChI=1S/C24H23FN4O2/c1-24(2,18-6-4-5-7-19(18)25)15-27-23(30)20-14-22-26-13-12-21(29(22)28-20)16-8-10-17(31-3)11-9-16/h4-14H,15H2,1-3H3,(H,27,30). The summed E-state index contributed by atoms with van der Waals surface area (Å²) in [4.78, 5) is 17.1. The second-order valence-electron chi connectivity index (χ2n) is 7.90. The summed E-state index contributed by atoms with van der Waals surface area (Å²) in [7, 11) is 1.62. The third-order valence-corrected chi connectivity index (χ3v) is 5.27. The monoisotopic (exact) mass is 418 g/mol. The molecule has 0 aliphatic rings. The summed E-state index contributed by atoms with van der Waals surface area (Å²) in [6, 6.07) is 17.6. The van der Waals surface area contributed by atoms with Gasteiger partial charge in [-0.2, -0.15) is 5.10 Å². The lowest BCUT2D eigenvalue weighted by Gasteiger charge is -2.25. The predicted octanol–water partition coefficient (Wildman–Crippen LogP) is 4.25. The van der Waals surface area contributed by atoms with Gasteiger partial charge in [-0.3, -0.25) is 4.79 Å². The molecule has 0 saturated heterocycles. The van der Waals surface area contributed by atoms with Gasteiger partial charge in [0.2, 0.25) is 0 Å². The van der Waals surface area contributed by atoms with Crippen molar-refractivity contribution in [3.63, 3.8) is 0 Å². The smallest absolute Gasteiger partial charge is 0.271 e. The lowest BCUT2D eigenvalue weighted by atomic mass is 9.84. The van der Waals surface area contributed by atoms with E-state index in [9.17, 15) is 9.18 Å². The quantitative estimate of drug-likeness (QED) is 0.508. The van der Waals surface area contributed by atoms with Gasteiger partial charge in [0.15, 0.2) is 11.3 Å². The summed E-state index contributed by atoms with van der Waals surface area (Å²) >= 11 is 0. The maximum atomic E-state index is 14.2. The molecule has 0 fully saturated rings. The van der Waals surface area contributed by atoms with Gasteiger partial charge in [0.1, 0.15) is 11.6 Å². The van der Waals surface area contributed by atoms with E-state index in [1.54, 1.807) is 42.1 Å². The summed E-state index contributed by atoms with van der Waals surface area (Å²) in [6.07, 6.45) is 1.68. The highest BCUT2D eigenvalue weighted by molar-refractivity contribution is 5.93. The topological polar surface area (TPSA) is 68.5 Å². The highest BCUT2D eigenvalue weighted by atomic mass is 19.1. The normalized spacial score (nSPS) is 11.5. The van der Waals surface area contributed by atoms with Crippen molar-refractivity contribution in [3.05, 3.63) is 83.9 Å². The Morgan fingerprint density at radius 1 is 1.13 bits per heavy atom. The van der Waals surface area contributed by atoms with Gasteiger partial charge < -0.3 is 10.1 Å². The minimum atomic E-state index is -0.577. The van der Waals surface area contributed by atoms with E-state index in [1.165, 1.54) is 6.07 Å². The fourth-order valence-electron chi connectivity index (χ4n) is 3.48. The number of hydrogen-bond acceptors (Lipinski definition) is 4. The summed E-state index contributed by atoms with van der Waals surface area (Å²) in [5.74, 6) is 0.130. The Labute approximate surface area is 179 Å². The summed E-state index contributed by atoms with van der Waals surface area (Å²) in [5, 5.41) is 7.33. The van der Waals surface area contributed by atoms with Crippen molar-refractivity contribution in [3.8, 4) is 17.0 Å². The van der Waals surface area contributed by atoms with Crippen molar-refractivity contribution in [2.24, 2.45) is 0 Å². The van der Waals surface area contributed by atoms with Crippen LogP contribution in [0.5, 0.6) is 5.75 Å². The fourth-order valence-corrected chi connectivity index (χ4v) is 3.48. The molecule has 0 saturated carbocycles. The molecule has 1 N–H and O–H groups in total. The number of nitrogens with zero attached hydrogens (tertiary/aromatic N) is 3. The Morgan fingerprint density at radius 2 is 1.87 bits per heavy atom. The van der Waals surface area contributed by atoms with Crippen LogP contribution in [0, 0.1) is 5.82 Å². The zero-order valence-corrected chi connectivity index (χ0v) is 17.6. The van der Waals surface area contributed by atoms with E-state index in [2.05, 4.69) is 15.4 Å². The number of rotatable bonds is 6. The molecule has 4 rings (SSSR count). The first-order valence-corrected chi connectivity index (χ1v) is 9.91. The molecular formula is C24H23FN4O2. The van der Waals surface area contributed by atoms with Crippen molar-refractivity contribution in [1.82, 2.24) is 19.9 Å². The number of hydrogen-bond donors (Lipinski definition) is 1. The first-order valence-electron chi connectivity index (χ1n) is 9.91. The van der Waals surface area contributed by atoms with Gasteiger partial charge in [-0.15, -0.1) is 0 Å². The summed E-state index contributed by atoms with van der Waals surface area (Å²) in [5.41, 5.74) is 2.51. The Bertz CT molecular complexity index is 1230. The lowest BCUT2D eigenvalue weighted by Crippen LogP contribution is -2.37. The van der Waals surface area contributed by atoms with Crippen molar-refractivity contribution in [2.45, 2.75) is 19.3 Å². The molecule has 6 nitrogen and oxygen atoms in total. The molecule has 0 unspecified atom stereocenters. The van der Waals surface area contributed by atoms with Crippen LogP contribution in [0.2, 0.25) is 0 Å². The summed E-state index contributed by atoms with van der Waals surface area (Å²) < 4.78 is 21.0. The zero-order valence-electron chi connectivity index (χ0n) is 17.6. The highest BCUT2D eigenvalue weighted by Gasteiger charge is 2.25. The number of nitrogens with one attached hydrogen (secondary N) is 1. The van der Waals surface area contributed by atoms with Crippen LogP contribution in [0.15, 0.2) is 66.9 Å². The third-order valence-electron chi connectivity index (χ3n) is 5.27. The average molecular weight is 418 g/mol. The number of aromatic nitrogens is 3. The molecule has 0 spiro atoms. The van der Waals surface area contributed by atoms with E-state index in [0.29, 0.717) is 11.2 Å². The molecule has 0 atom stereocenters. The second-order valence-corrected chi connectivity index (χ2v) is 7.90. The van der Waals surface area contributed by atoms with E-state index in [4.69, 9.17) is 4.74 Å². The number of ether oxygens (including phenoxy) is 1. The molecule has 2 aromatic heterocycles.